The normalized spacial score (nSPS) is 20.5. The van der Waals surface area contributed by atoms with E-state index in [1.807, 2.05) is 0 Å². The summed E-state index contributed by atoms with van der Waals surface area (Å²) < 4.78 is 0. The third-order valence-electron chi connectivity index (χ3n) is 2.81. The maximum Gasteiger partial charge on any atom is -0.000000945 e. The zero-order valence-electron chi connectivity index (χ0n) is 9.53. The molecule has 1 fully saturated rings. The first-order valence-corrected chi connectivity index (χ1v) is 5.79. The first kappa shape index (κ1) is 11.0. The van der Waals surface area contributed by atoms with Crippen LogP contribution in [0.3, 0.4) is 0 Å². The summed E-state index contributed by atoms with van der Waals surface area (Å²) in [5.41, 5.74) is 0.439. The quantitative estimate of drug-likeness (QED) is 0.708. The van der Waals surface area contributed by atoms with Gasteiger partial charge in [0.05, 0.1) is 0 Å². The van der Waals surface area contributed by atoms with E-state index < -0.39 is 0 Å². The van der Waals surface area contributed by atoms with E-state index in [1.165, 1.54) is 38.6 Å². The van der Waals surface area contributed by atoms with Gasteiger partial charge in [-0.15, -0.1) is 0 Å². The van der Waals surface area contributed by atoms with Crippen LogP contribution >= 0.6 is 0 Å². The van der Waals surface area contributed by atoms with Crippen molar-refractivity contribution in [3.8, 4) is 0 Å². The number of hydrogen-bond donors (Lipinski definition) is 1. The van der Waals surface area contributed by atoms with Crippen molar-refractivity contribution in [1.29, 1.82) is 0 Å². The van der Waals surface area contributed by atoms with Gasteiger partial charge in [0.15, 0.2) is 0 Å². The van der Waals surface area contributed by atoms with Crippen LogP contribution in [0.2, 0.25) is 0 Å². The fourth-order valence-corrected chi connectivity index (χ4v) is 2.04. The zero-order valence-corrected chi connectivity index (χ0v) is 9.53. The van der Waals surface area contributed by atoms with Crippen molar-refractivity contribution in [3.05, 3.63) is 0 Å². The molecule has 78 valence electrons. The molecule has 0 spiro atoms. The molecule has 1 aliphatic rings. The highest BCUT2D eigenvalue weighted by atomic mass is 14.9. The zero-order chi connectivity index (χ0) is 9.73. The number of hydrogen-bond acceptors (Lipinski definition) is 1. The lowest BCUT2D eigenvalue weighted by Gasteiger charge is -2.25. The van der Waals surface area contributed by atoms with Crippen LogP contribution in [0.15, 0.2) is 0 Å². The third-order valence-corrected chi connectivity index (χ3v) is 2.81. The van der Waals surface area contributed by atoms with Gasteiger partial charge in [-0.1, -0.05) is 40.0 Å². The van der Waals surface area contributed by atoms with E-state index in [1.54, 1.807) is 0 Å². The Morgan fingerprint density at radius 1 is 1.08 bits per heavy atom. The average Bonchev–Trinajstić information content (AvgIpc) is 2.04. The Bertz CT molecular complexity index is 129. The van der Waals surface area contributed by atoms with E-state index in [0.717, 1.165) is 12.5 Å². The molecule has 1 rings (SSSR count). The molecule has 0 aromatic heterocycles. The summed E-state index contributed by atoms with van der Waals surface area (Å²) in [7, 11) is 0. The molecule has 0 bridgehead atoms. The molecule has 0 aromatic carbocycles. The fraction of sp³-hybridized carbons (Fsp3) is 1.00. The third kappa shape index (κ3) is 5.30. The van der Waals surface area contributed by atoms with Gasteiger partial charge < -0.3 is 5.32 Å². The number of rotatable bonds is 3. The SMILES string of the molecule is CC(C)(C)CNCC1CCCCC1. The predicted octanol–water partition coefficient (Wildman–Crippen LogP) is 3.20. The predicted molar refractivity (Wildman–Crippen MR) is 58.9 cm³/mol. The van der Waals surface area contributed by atoms with Crippen LogP contribution in [0.4, 0.5) is 0 Å². The van der Waals surface area contributed by atoms with Gasteiger partial charge in [0, 0.05) is 0 Å². The monoisotopic (exact) mass is 183 g/mol. The van der Waals surface area contributed by atoms with Crippen LogP contribution in [-0.4, -0.2) is 13.1 Å². The van der Waals surface area contributed by atoms with Gasteiger partial charge >= 0.3 is 0 Å². The van der Waals surface area contributed by atoms with E-state index in [4.69, 9.17) is 0 Å². The van der Waals surface area contributed by atoms with Crippen molar-refractivity contribution in [3.63, 3.8) is 0 Å². The second-order valence-corrected chi connectivity index (χ2v) is 5.70. The molecule has 0 heterocycles. The molecule has 1 nitrogen and oxygen atoms in total. The van der Waals surface area contributed by atoms with E-state index in [0.29, 0.717) is 5.41 Å². The van der Waals surface area contributed by atoms with Gasteiger partial charge in [0.1, 0.15) is 0 Å². The first-order valence-electron chi connectivity index (χ1n) is 5.79. The summed E-state index contributed by atoms with van der Waals surface area (Å²) in [5, 5.41) is 3.60. The minimum atomic E-state index is 0.439. The number of nitrogens with one attached hydrogen (secondary N) is 1. The molecule has 1 N–H and O–H groups in total. The second-order valence-electron chi connectivity index (χ2n) is 5.70. The van der Waals surface area contributed by atoms with Crippen molar-refractivity contribution in [2.45, 2.75) is 52.9 Å². The van der Waals surface area contributed by atoms with E-state index in [-0.39, 0.29) is 0 Å². The van der Waals surface area contributed by atoms with Crippen LogP contribution in [0.1, 0.15) is 52.9 Å². The lowest BCUT2D eigenvalue weighted by molar-refractivity contribution is 0.311. The Morgan fingerprint density at radius 2 is 1.69 bits per heavy atom. The Kier molecular flexibility index (Phi) is 4.24. The lowest BCUT2D eigenvalue weighted by atomic mass is 9.89. The molecule has 1 aliphatic carbocycles. The minimum absolute atomic E-state index is 0.439. The van der Waals surface area contributed by atoms with Crippen LogP contribution in [0, 0.1) is 11.3 Å². The highest BCUT2D eigenvalue weighted by Crippen LogP contribution is 2.23. The van der Waals surface area contributed by atoms with Crippen molar-refractivity contribution in [2.75, 3.05) is 13.1 Å². The van der Waals surface area contributed by atoms with Crippen molar-refractivity contribution in [1.82, 2.24) is 5.32 Å². The molecule has 13 heavy (non-hydrogen) atoms. The fourth-order valence-electron chi connectivity index (χ4n) is 2.04. The second kappa shape index (κ2) is 4.99. The van der Waals surface area contributed by atoms with Crippen molar-refractivity contribution in [2.24, 2.45) is 11.3 Å². The summed E-state index contributed by atoms with van der Waals surface area (Å²) in [6.45, 7) is 9.28. The summed E-state index contributed by atoms with van der Waals surface area (Å²) in [5.74, 6) is 0.969. The molecule has 0 aliphatic heterocycles. The highest BCUT2D eigenvalue weighted by molar-refractivity contribution is 4.70. The molecule has 0 aromatic rings. The van der Waals surface area contributed by atoms with E-state index in [9.17, 15) is 0 Å². The summed E-state index contributed by atoms with van der Waals surface area (Å²) >= 11 is 0. The molecule has 1 heteroatoms. The van der Waals surface area contributed by atoms with Gasteiger partial charge in [-0.25, -0.2) is 0 Å². The van der Waals surface area contributed by atoms with Crippen LogP contribution < -0.4 is 5.32 Å². The summed E-state index contributed by atoms with van der Waals surface area (Å²) in [4.78, 5) is 0. The van der Waals surface area contributed by atoms with Crippen LogP contribution in [0.25, 0.3) is 0 Å². The van der Waals surface area contributed by atoms with Gasteiger partial charge in [0.25, 0.3) is 0 Å². The van der Waals surface area contributed by atoms with E-state index >= 15 is 0 Å². The van der Waals surface area contributed by atoms with Gasteiger partial charge in [-0.3, -0.25) is 0 Å². The molecular weight excluding hydrogens is 158 g/mol. The van der Waals surface area contributed by atoms with Crippen molar-refractivity contribution < 1.29 is 0 Å². The summed E-state index contributed by atoms with van der Waals surface area (Å²) in [6.07, 6.45) is 7.30. The molecule has 1 saturated carbocycles. The minimum Gasteiger partial charge on any atom is -0.316 e. The van der Waals surface area contributed by atoms with Gasteiger partial charge in [-0.2, -0.15) is 0 Å². The Labute approximate surface area is 83.3 Å². The highest BCUT2D eigenvalue weighted by Gasteiger charge is 2.14. The Morgan fingerprint density at radius 3 is 2.23 bits per heavy atom. The topological polar surface area (TPSA) is 12.0 Å². The van der Waals surface area contributed by atoms with Crippen LogP contribution in [-0.2, 0) is 0 Å². The van der Waals surface area contributed by atoms with E-state index in [2.05, 4.69) is 26.1 Å². The Balaban J connectivity index is 2.04. The molecule has 0 saturated heterocycles. The molecule has 0 atom stereocenters. The molecule has 0 amide bonds. The van der Waals surface area contributed by atoms with Gasteiger partial charge in [0.2, 0.25) is 0 Å². The summed E-state index contributed by atoms with van der Waals surface area (Å²) in [6, 6.07) is 0. The van der Waals surface area contributed by atoms with Crippen LogP contribution in [0.5, 0.6) is 0 Å². The largest absolute Gasteiger partial charge is 0.316 e. The smallest absolute Gasteiger partial charge is 0.000000945 e. The Hall–Kier alpha value is -0.0400. The van der Waals surface area contributed by atoms with Gasteiger partial charge in [-0.05, 0) is 37.3 Å². The standard InChI is InChI=1S/C12H25N/c1-12(2,3)10-13-9-11-7-5-4-6-8-11/h11,13H,4-10H2,1-3H3. The first-order chi connectivity index (χ1) is 6.08. The average molecular weight is 183 g/mol. The lowest BCUT2D eigenvalue weighted by Crippen LogP contribution is -2.31. The molecule has 0 radical (unpaired) electrons. The molecular formula is C12H25N. The maximum atomic E-state index is 3.60. The maximum absolute atomic E-state index is 3.60. The molecule has 0 unspecified atom stereocenters. The van der Waals surface area contributed by atoms with Crippen molar-refractivity contribution >= 4 is 0 Å².